The second kappa shape index (κ2) is 12.8. The van der Waals surface area contributed by atoms with Gasteiger partial charge < -0.3 is 9.13 Å². The Morgan fingerprint density at radius 2 is 0.949 bits per heavy atom. The molecular weight excluding hydrogens is 733 g/mol. The van der Waals surface area contributed by atoms with Crippen LogP contribution in [0.25, 0.3) is 99.9 Å². The van der Waals surface area contributed by atoms with Crippen LogP contribution in [0, 0.1) is 0 Å². The highest BCUT2D eigenvalue weighted by atomic mass is 28.3. The molecular formula is C54H38N4Si. The van der Waals surface area contributed by atoms with Crippen LogP contribution < -0.4 is 10.5 Å². The molecule has 278 valence electrons. The van der Waals surface area contributed by atoms with Gasteiger partial charge in [-0.05, 0) is 82.5 Å². The molecule has 0 saturated carbocycles. The van der Waals surface area contributed by atoms with E-state index in [1.54, 1.807) is 0 Å². The van der Waals surface area contributed by atoms with Crippen LogP contribution in [0.2, 0.25) is 13.1 Å². The molecule has 12 rings (SSSR count). The first-order valence-corrected chi connectivity index (χ1v) is 23.3. The molecule has 0 spiro atoms. The van der Waals surface area contributed by atoms with E-state index in [9.17, 15) is 0 Å². The Labute approximate surface area is 343 Å². The summed E-state index contributed by atoms with van der Waals surface area (Å²) in [6, 6.07) is 70.4. The van der Waals surface area contributed by atoms with Crippen LogP contribution in [-0.2, 0) is 0 Å². The number of nitrogens with zero attached hydrogens (tertiary/aromatic N) is 4. The highest BCUT2D eigenvalue weighted by Crippen LogP contribution is 2.41. The molecule has 0 radical (unpaired) electrons. The number of hydrogen-bond acceptors (Lipinski definition) is 2. The maximum Gasteiger partial charge on any atom is 0.159 e. The molecule has 11 aromatic rings. The lowest BCUT2D eigenvalue weighted by Gasteiger charge is -2.19. The Kier molecular flexibility index (Phi) is 7.34. The van der Waals surface area contributed by atoms with Gasteiger partial charge in [0.15, 0.2) is 5.82 Å². The Balaban J connectivity index is 1.07. The summed E-state index contributed by atoms with van der Waals surface area (Å²) in [7, 11) is -2.08. The van der Waals surface area contributed by atoms with Gasteiger partial charge in [0.25, 0.3) is 0 Å². The van der Waals surface area contributed by atoms with Crippen molar-refractivity contribution in [3.05, 3.63) is 194 Å². The van der Waals surface area contributed by atoms with Crippen molar-refractivity contribution in [1.29, 1.82) is 0 Å². The minimum atomic E-state index is -2.08. The second-order valence-corrected chi connectivity index (χ2v) is 20.5. The zero-order valence-corrected chi connectivity index (χ0v) is 33.8. The molecule has 3 aromatic heterocycles. The molecule has 0 atom stereocenters. The Bertz CT molecular complexity index is 3420. The molecule has 0 bridgehead atoms. The maximum atomic E-state index is 5.39. The summed E-state index contributed by atoms with van der Waals surface area (Å²) in [5.41, 5.74) is 15.0. The van der Waals surface area contributed by atoms with Crippen LogP contribution in [-0.4, -0.2) is 27.2 Å². The topological polar surface area (TPSA) is 35.6 Å². The average molecular weight is 771 g/mol. The SMILES string of the molecule is C[Si]1(C)c2ccccc2-c2c(-c3cccc(-c4ccc5c(c4)c4cc(-n6c7ccccc7c7ccccc76)ccc4n5-c4ccccc4)c3)nc(-c3ccccc3)nc21. The van der Waals surface area contributed by atoms with Crippen molar-refractivity contribution in [3.63, 3.8) is 0 Å². The van der Waals surface area contributed by atoms with Crippen LogP contribution in [0.3, 0.4) is 0 Å². The fraction of sp³-hybridized carbons (Fsp3) is 0.0370. The van der Waals surface area contributed by atoms with Crippen molar-refractivity contribution >= 4 is 62.2 Å². The number of benzene rings is 8. The standard InChI is InChI=1S/C54H38N4Si/c1-59(2)50-27-14-11-24-43(50)51-52(55-53(56-54(51)59)35-16-5-3-6-17-35)38-19-15-18-36(32-38)37-28-30-48-44(33-37)45-34-40(29-31-49(45)57(48)39-20-7-4-8-21-39)58-46-25-12-9-22-41(46)42-23-10-13-26-47(42)58/h3-34H,1-2H3. The van der Waals surface area contributed by atoms with Crippen molar-refractivity contribution in [1.82, 2.24) is 19.1 Å². The van der Waals surface area contributed by atoms with E-state index in [0.29, 0.717) is 0 Å². The molecule has 0 unspecified atom stereocenters. The summed E-state index contributed by atoms with van der Waals surface area (Å²) >= 11 is 0. The number of hydrogen-bond donors (Lipinski definition) is 0. The monoisotopic (exact) mass is 770 g/mol. The molecule has 1 aliphatic rings. The van der Waals surface area contributed by atoms with E-state index in [-0.39, 0.29) is 0 Å². The summed E-state index contributed by atoms with van der Waals surface area (Å²) in [4.78, 5) is 10.7. The summed E-state index contributed by atoms with van der Waals surface area (Å²) in [5, 5.41) is 7.58. The molecule has 5 heteroatoms. The highest BCUT2D eigenvalue weighted by molar-refractivity contribution is 7.03. The fourth-order valence-corrected chi connectivity index (χ4v) is 12.6. The van der Waals surface area contributed by atoms with E-state index < -0.39 is 8.07 Å². The van der Waals surface area contributed by atoms with Crippen molar-refractivity contribution in [2.45, 2.75) is 13.1 Å². The van der Waals surface area contributed by atoms with E-state index in [1.807, 2.05) is 0 Å². The van der Waals surface area contributed by atoms with Gasteiger partial charge in [-0.1, -0.05) is 147 Å². The van der Waals surface area contributed by atoms with Gasteiger partial charge in [-0.15, -0.1) is 0 Å². The van der Waals surface area contributed by atoms with E-state index in [4.69, 9.17) is 9.97 Å². The average Bonchev–Trinajstić information content (AvgIpc) is 3.89. The van der Waals surface area contributed by atoms with Gasteiger partial charge in [-0.25, -0.2) is 9.97 Å². The highest BCUT2D eigenvalue weighted by Gasteiger charge is 2.41. The van der Waals surface area contributed by atoms with E-state index in [1.165, 1.54) is 65.2 Å². The zero-order valence-electron chi connectivity index (χ0n) is 32.8. The lowest BCUT2D eigenvalue weighted by Crippen LogP contribution is -2.50. The maximum absolute atomic E-state index is 5.39. The second-order valence-electron chi connectivity index (χ2n) is 16.2. The Morgan fingerprint density at radius 1 is 0.390 bits per heavy atom. The molecule has 0 saturated heterocycles. The summed E-state index contributed by atoms with van der Waals surface area (Å²) in [5.74, 6) is 0.785. The molecule has 0 amide bonds. The first-order valence-electron chi connectivity index (χ1n) is 20.3. The summed E-state index contributed by atoms with van der Waals surface area (Å²) in [6.45, 7) is 4.85. The smallest absolute Gasteiger partial charge is 0.159 e. The number of para-hydroxylation sites is 3. The van der Waals surface area contributed by atoms with Gasteiger partial charge in [0.2, 0.25) is 0 Å². The molecule has 4 nitrogen and oxygen atoms in total. The van der Waals surface area contributed by atoms with Crippen molar-refractivity contribution in [3.8, 4) is 56.3 Å². The minimum absolute atomic E-state index is 0.785. The Hall–Kier alpha value is -7.34. The lowest BCUT2D eigenvalue weighted by molar-refractivity contribution is 1.17. The molecule has 1 aliphatic heterocycles. The van der Waals surface area contributed by atoms with Gasteiger partial charge in [-0.3, -0.25) is 0 Å². The number of aromatic nitrogens is 4. The first-order chi connectivity index (χ1) is 29.0. The van der Waals surface area contributed by atoms with Crippen molar-refractivity contribution in [2.24, 2.45) is 0 Å². The minimum Gasteiger partial charge on any atom is -0.309 e. The third kappa shape index (κ3) is 5.08. The zero-order chi connectivity index (χ0) is 39.2. The van der Waals surface area contributed by atoms with Crippen LogP contribution in [0.15, 0.2) is 194 Å². The molecule has 8 aromatic carbocycles. The largest absolute Gasteiger partial charge is 0.309 e. The Morgan fingerprint density at radius 3 is 1.71 bits per heavy atom. The summed E-state index contributed by atoms with van der Waals surface area (Å²) < 4.78 is 4.81. The molecule has 0 aliphatic carbocycles. The molecule has 59 heavy (non-hydrogen) atoms. The first kappa shape index (κ1) is 33.8. The summed E-state index contributed by atoms with van der Waals surface area (Å²) in [6.07, 6.45) is 0. The van der Waals surface area contributed by atoms with Crippen molar-refractivity contribution in [2.75, 3.05) is 0 Å². The van der Waals surface area contributed by atoms with E-state index >= 15 is 0 Å². The van der Waals surface area contributed by atoms with Gasteiger partial charge in [0.1, 0.15) is 8.07 Å². The van der Waals surface area contributed by atoms with Crippen LogP contribution in [0.1, 0.15) is 0 Å². The quantitative estimate of drug-likeness (QED) is 0.163. The predicted molar refractivity (Wildman–Crippen MR) is 249 cm³/mol. The predicted octanol–water partition coefficient (Wildman–Crippen LogP) is 12.5. The van der Waals surface area contributed by atoms with Gasteiger partial charge in [0, 0.05) is 54.9 Å². The molecule has 0 N–H and O–H groups in total. The lowest BCUT2D eigenvalue weighted by atomic mass is 9.96. The number of rotatable bonds is 5. The fourth-order valence-electron chi connectivity index (χ4n) is 9.70. The normalized spacial score (nSPS) is 13.1. The van der Waals surface area contributed by atoms with E-state index in [0.717, 1.165) is 45.1 Å². The van der Waals surface area contributed by atoms with Crippen LogP contribution in [0.4, 0.5) is 0 Å². The van der Waals surface area contributed by atoms with Crippen LogP contribution in [0.5, 0.6) is 0 Å². The van der Waals surface area contributed by atoms with E-state index in [2.05, 4.69) is 216 Å². The number of fused-ring (bicyclic) bond motifs is 9. The van der Waals surface area contributed by atoms with Crippen LogP contribution >= 0.6 is 0 Å². The van der Waals surface area contributed by atoms with Gasteiger partial charge >= 0.3 is 0 Å². The third-order valence-electron chi connectivity index (χ3n) is 12.5. The molecule has 0 fully saturated rings. The van der Waals surface area contributed by atoms with Crippen molar-refractivity contribution < 1.29 is 0 Å². The van der Waals surface area contributed by atoms with Gasteiger partial charge in [-0.2, -0.15) is 0 Å². The third-order valence-corrected chi connectivity index (χ3v) is 15.8. The van der Waals surface area contributed by atoms with Gasteiger partial charge in [0.05, 0.1) is 27.8 Å². The molecule has 4 heterocycles.